The van der Waals surface area contributed by atoms with Gasteiger partial charge in [0.2, 0.25) is 0 Å². The lowest BCUT2D eigenvalue weighted by Gasteiger charge is -2.28. The maximum absolute atomic E-state index is 3.72. The zero-order chi connectivity index (χ0) is 10.8. The molecule has 0 aliphatic heterocycles. The molecule has 0 nitrogen and oxygen atoms in total. The normalized spacial score (nSPS) is 23.6. The molecule has 0 aromatic heterocycles. The maximum Gasteiger partial charge on any atom is -0.0111 e. The van der Waals surface area contributed by atoms with Gasteiger partial charge >= 0.3 is 0 Å². The van der Waals surface area contributed by atoms with Crippen LogP contribution in [0.25, 0.3) is 0 Å². The Kier molecular flexibility index (Phi) is 3.36. The molecule has 0 heterocycles. The zero-order valence-corrected chi connectivity index (χ0v) is 9.93. The topological polar surface area (TPSA) is 0 Å². The standard InChI is InChI=1S/C14H22/c1-6-7-8-12-11(2)9-10-13(12)14(3,4)5/h6-8,13H,1,9-10H2,2-5H3/b8-7-. The third-order valence-electron chi connectivity index (χ3n) is 3.13. The van der Waals surface area contributed by atoms with E-state index in [0.717, 1.165) is 5.92 Å². The van der Waals surface area contributed by atoms with Crippen LogP contribution in [-0.4, -0.2) is 0 Å². The number of hydrogen-bond acceptors (Lipinski definition) is 0. The molecule has 0 bridgehead atoms. The lowest BCUT2D eigenvalue weighted by Crippen LogP contribution is -2.19. The molecule has 1 atom stereocenters. The highest BCUT2D eigenvalue weighted by Crippen LogP contribution is 2.43. The number of hydrogen-bond donors (Lipinski definition) is 0. The Bertz CT molecular complexity index is 271. The SMILES string of the molecule is C=C/C=C\C1=C(C)CCC1C(C)(C)C. The van der Waals surface area contributed by atoms with Gasteiger partial charge < -0.3 is 0 Å². The first-order valence-electron chi connectivity index (χ1n) is 5.45. The van der Waals surface area contributed by atoms with Crippen molar-refractivity contribution in [3.05, 3.63) is 36.0 Å². The highest BCUT2D eigenvalue weighted by Gasteiger charge is 2.31. The van der Waals surface area contributed by atoms with Gasteiger partial charge in [0.1, 0.15) is 0 Å². The number of allylic oxidation sites excluding steroid dienone is 5. The molecule has 1 unspecified atom stereocenters. The van der Waals surface area contributed by atoms with Crippen LogP contribution in [-0.2, 0) is 0 Å². The van der Waals surface area contributed by atoms with Crippen LogP contribution in [0, 0.1) is 11.3 Å². The van der Waals surface area contributed by atoms with Crippen LogP contribution in [0.15, 0.2) is 36.0 Å². The van der Waals surface area contributed by atoms with Crippen molar-refractivity contribution in [3.8, 4) is 0 Å². The molecule has 1 aliphatic carbocycles. The van der Waals surface area contributed by atoms with Crippen LogP contribution in [0.1, 0.15) is 40.5 Å². The van der Waals surface area contributed by atoms with Gasteiger partial charge in [0.15, 0.2) is 0 Å². The molecular weight excluding hydrogens is 168 g/mol. The highest BCUT2D eigenvalue weighted by atomic mass is 14.4. The van der Waals surface area contributed by atoms with E-state index in [2.05, 4.69) is 46.4 Å². The van der Waals surface area contributed by atoms with E-state index >= 15 is 0 Å². The highest BCUT2D eigenvalue weighted by molar-refractivity contribution is 5.34. The first kappa shape index (κ1) is 11.3. The van der Waals surface area contributed by atoms with Gasteiger partial charge in [0.05, 0.1) is 0 Å². The van der Waals surface area contributed by atoms with Gasteiger partial charge in [0, 0.05) is 0 Å². The first-order valence-corrected chi connectivity index (χ1v) is 5.45. The predicted octanol–water partition coefficient (Wildman–Crippen LogP) is 4.50. The van der Waals surface area contributed by atoms with Crippen molar-refractivity contribution < 1.29 is 0 Å². The average molecular weight is 190 g/mol. The molecule has 0 N–H and O–H groups in total. The van der Waals surface area contributed by atoms with Crippen LogP contribution in [0.2, 0.25) is 0 Å². The predicted molar refractivity (Wildman–Crippen MR) is 64.2 cm³/mol. The Morgan fingerprint density at radius 1 is 1.36 bits per heavy atom. The molecule has 1 aliphatic rings. The molecule has 0 fully saturated rings. The summed E-state index contributed by atoms with van der Waals surface area (Å²) in [4.78, 5) is 0. The lowest BCUT2D eigenvalue weighted by atomic mass is 9.76. The van der Waals surface area contributed by atoms with Crippen LogP contribution in [0.3, 0.4) is 0 Å². The molecule has 0 amide bonds. The van der Waals surface area contributed by atoms with E-state index in [1.807, 2.05) is 6.08 Å². The molecule has 0 heteroatoms. The number of rotatable bonds is 2. The fourth-order valence-corrected chi connectivity index (χ4v) is 2.29. The van der Waals surface area contributed by atoms with E-state index in [-0.39, 0.29) is 0 Å². The van der Waals surface area contributed by atoms with Crippen LogP contribution in [0.4, 0.5) is 0 Å². The van der Waals surface area contributed by atoms with Crippen molar-refractivity contribution in [3.63, 3.8) is 0 Å². The van der Waals surface area contributed by atoms with Crippen LogP contribution < -0.4 is 0 Å². The summed E-state index contributed by atoms with van der Waals surface area (Å²) in [5, 5.41) is 0. The summed E-state index contributed by atoms with van der Waals surface area (Å²) in [6.07, 6.45) is 8.73. The van der Waals surface area contributed by atoms with Crippen LogP contribution in [0.5, 0.6) is 0 Å². The zero-order valence-electron chi connectivity index (χ0n) is 9.93. The molecule has 0 radical (unpaired) electrons. The largest absolute Gasteiger partial charge is 0.0991 e. The summed E-state index contributed by atoms with van der Waals surface area (Å²) in [5.74, 6) is 0.721. The smallest absolute Gasteiger partial charge is 0.0111 e. The van der Waals surface area contributed by atoms with Gasteiger partial charge in [-0.2, -0.15) is 0 Å². The van der Waals surface area contributed by atoms with Gasteiger partial charge in [-0.3, -0.25) is 0 Å². The minimum atomic E-state index is 0.388. The third-order valence-corrected chi connectivity index (χ3v) is 3.13. The molecule has 0 aromatic rings. The summed E-state index contributed by atoms with van der Waals surface area (Å²) >= 11 is 0. The first-order chi connectivity index (χ1) is 6.46. The van der Waals surface area contributed by atoms with Gasteiger partial charge in [-0.25, -0.2) is 0 Å². The maximum atomic E-state index is 3.72. The Hall–Kier alpha value is -0.780. The summed E-state index contributed by atoms with van der Waals surface area (Å²) in [5.41, 5.74) is 3.49. The monoisotopic (exact) mass is 190 g/mol. The van der Waals surface area contributed by atoms with Crippen molar-refractivity contribution in [2.45, 2.75) is 40.5 Å². The third kappa shape index (κ3) is 2.37. The Balaban J connectivity index is 2.91. The van der Waals surface area contributed by atoms with Crippen molar-refractivity contribution in [2.75, 3.05) is 0 Å². The second-order valence-electron chi connectivity index (χ2n) is 5.29. The van der Waals surface area contributed by atoms with E-state index < -0.39 is 0 Å². The van der Waals surface area contributed by atoms with E-state index in [1.54, 1.807) is 5.57 Å². The molecule has 0 spiro atoms. The van der Waals surface area contributed by atoms with E-state index in [0.29, 0.717) is 5.41 Å². The van der Waals surface area contributed by atoms with Crippen molar-refractivity contribution in [2.24, 2.45) is 11.3 Å². The lowest BCUT2D eigenvalue weighted by molar-refractivity contribution is 0.281. The Morgan fingerprint density at radius 3 is 2.50 bits per heavy atom. The summed E-state index contributed by atoms with van der Waals surface area (Å²) < 4.78 is 0. The molecule has 0 saturated carbocycles. The van der Waals surface area contributed by atoms with Crippen LogP contribution >= 0.6 is 0 Å². The quantitative estimate of drug-likeness (QED) is 0.562. The minimum absolute atomic E-state index is 0.388. The fraction of sp³-hybridized carbons (Fsp3) is 0.571. The Labute approximate surface area is 88.4 Å². The second-order valence-corrected chi connectivity index (χ2v) is 5.29. The second kappa shape index (κ2) is 4.16. The molecule has 0 saturated heterocycles. The minimum Gasteiger partial charge on any atom is -0.0991 e. The van der Waals surface area contributed by atoms with Crippen molar-refractivity contribution in [1.82, 2.24) is 0 Å². The molecular formula is C14H22. The summed E-state index contributed by atoms with van der Waals surface area (Å²) in [7, 11) is 0. The van der Waals surface area contributed by atoms with Gasteiger partial charge in [-0.05, 0) is 36.7 Å². The van der Waals surface area contributed by atoms with E-state index in [9.17, 15) is 0 Å². The average Bonchev–Trinajstić information content (AvgIpc) is 2.42. The molecule has 0 aromatic carbocycles. The molecule has 78 valence electrons. The van der Waals surface area contributed by atoms with Gasteiger partial charge in [-0.1, -0.05) is 51.2 Å². The van der Waals surface area contributed by atoms with Gasteiger partial charge in [-0.15, -0.1) is 0 Å². The molecule has 14 heavy (non-hydrogen) atoms. The van der Waals surface area contributed by atoms with Crippen molar-refractivity contribution >= 4 is 0 Å². The van der Waals surface area contributed by atoms with Gasteiger partial charge in [0.25, 0.3) is 0 Å². The van der Waals surface area contributed by atoms with Crippen molar-refractivity contribution in [1.29, 1.82) is 0 Å². The van der Waals surface area contributed by atoms with E-state index in [1.165, 1.54) is 18.4 Å². The summed E-state index contributed by atoms with van der Waals surface area (Å²) in [6, 6.07) is 0. The Morgan fingerprint density at radius 2 is 2.00 bits per heavy atom. The molecule has 1 rings (SSSR count). The fourth-order valence-electron chi connectivity index (χ4n) is 2.29. The van der Waals surface area contributed by atoms with E-state index in [4.69, 9.17) is 0 Å². The summed E-state index contributed by atoms with van der Waals surface area (Å²) in [6.45, 7) is 13.0.